The molecule has 0 aliphatic carbocycles. The lowest BCUT2D eigenvalue weighted by atomic mass is 10.3. The number of nitrogens with one attached hydrogen (secondary N) is 1. The van der Waals surface area contributed by atoms with Crippen molar-refractivity contribution in [3.05, 3.63) is 35.5 Å². The number of aromatic nitrogens is 2. The van der Waals surface area contributed by atoms with Crippen LogP contribution in [0.25, 0.3) is 0 Å². The van der Waals surface area contributed by atoms with Crippen molar-refractivity contribution >= 4 is 28.9 Å². The fourth-order valence-corrected chi connectivity index (χ4v) is 2.66. The summed E-state index contributed by atoms with van der Waals surface area (Å²) in [7, 11) is 0. The number of rotatable bonds is 3. The normalized spacial score (nSPS) is 10.1. The monoisotopic (exact) mass is 236 g/mol. The van der Waals surface area contributed by atoms with Crippen LogP contribution >= 0.6 is 23.1 Å². The predicted octanol–water partition coefficient (Wildman–Crippen LogP) is 1.97. The standard InChI is InChI=1S/C9H8N4S2/c10-7(11)6-2-1-3-12-8(6)15-9-13-4-5-14-9/h1-5H,(H3,10,11). The van der Waals surface area contributed by atoms with E-state index in [4.69, 9.17) is 11.1 Å². The zero-order valence-electron chi connectivity index (χ0n) is 7.68. The summed E-state index contributed by atoms with van der Waals surface area (Å²) >= 11 is 2.96. The zero-order chi connectivity index (χ0) is 10.7. The van der Waals surface area contributed by atoms with Gasteiger partial charge in [0.05, 0.1) is 0 Å². The average molecular weight is 236 g/mol. The van der Waals surface area contributed by atoms with Crippen LogP contribution in [0.4, 0.5) is 0 Å². The van der Waals surface area contributed by atoms with Gasteiger partial charge in [-0.2, -0.15) is 0 Å². The number of nitrogen functional groups attached to an aromatic ring is 1. The second-order valence-corrected chi connectivity index (χ2v) is 4.80. The Morgan fingerprint density at radius 1 is 1.40 bits per heavy atom. The third-order valence-electron chi connectivity index (χ3n) is 1.65. The number of nitrogens with zero attached hydrogens (tertiary/aromatic N) is 2. The van der Waals surface area contributed by atoms with E-state index < -0.39 is 0 Å². The molecule has 0 atom stereocenters. The third kappa shape index (κ3) is 2.34. The van der Waals surface area contributed by atoms with Gasteiger partial charge in [0, 0.05) is 23.3 Å². The smallest absolute Gasteiger partial charge is 0.156 e. The van der Waals surface area contributed by atoms with Crippen LogP contribution in [0.2, 0.25) is 0 Å². The fourth-order valence-electron chi connectivity index (χ4n) is 1.02. The van der Waals surface area contributed by atoms with Gasteiger partial charge in [0.1, 0.15) is 10.9 Å². The van der Waals surface area contributed by atoms with Crippen molar-refractivity contribution in [3.8, 4) is 0 Å². The molecule has 0 bridgehead atoms. The highest BCUT2D eigenvalue weighted by Gasteiger charge is 2.08. The highest BCUT2D eigenvalue weighted by Crippen LogP contribution is 2.29. The lowest BCUT2D eigenvalue weighted by Gasteiger charge is -2.03. The van der Waals surface area contributed by atoms with Crippen LogP contribution in [0.15, 0.2) is 39.3 Å². The Kier molecular flexibility index (Phi) is 2.98. The zero-order valence-corrected chi connectivity index (χ0v) is 9.31. The van der Waals surface area contributed by atoms with Gasteiger partial charge in [-0.05, 0) is 23.9 Å². The molecule has 2 aromatic heterocycles. The quantitative estimate of drug-likeness (QED) is 0.631. The van der Waals surface area contributed by atoms with Crippen LogP contribution < -0.4 is 5.73 Å². The molecule has 0 saturated carbocycles. The van der Waals surface area contributed by atoms with Crippen LogP contribution in [-0.4, -0.2) is 15.8 Å². The first kappa shape index (κ1) is 10.1. The largest absolute Gasteiger partial charge is 0.384 e. The van der Waals surface area contributed by atoms with Gasteiger partial charge in [0.15, 0.2) is 4.34 Å². The second-order valence-electron chi connectivity index (χ2n) is 2.67. The molecule has 0 unspecified atom stereocenters. The van der Waals surface area contributed by atoms with Crippen molar-refractivity contribution in [2.45, 2.75) is 9.37 Å². The van der Waals surface area contributed by atoms with E-state index in [-0.39, 0.29) is 5.84 Å². The molecule has 0 amide bonds. The molecule has 0 saturated heterocycles. The minimum Gasteiger partial charge on any atom is -0.384 e. The van der Waals surface area contributed by atoms with Crippen molar-refractivity contribution in [1.82, 2.24) is 9.97 Å². The summed E-state index contributed by atoms with van der Waals surface area (Å²) in [5.74, 6) is 0.0298. The maximum atomic E-state index is 7.41. The first-order valence-electron chi connectivity index (χ1n) is 4.14. The summed E-state index contributed by atoms with van der Waals surface area (Å²) in [4.78, 5) is 8.33. The summed E-state index contributed by atoms with van der Waals surface area (Å²) in [5, 5.41) is 10.0. The van der Waals surface area contributed by atoms with E-state index in [1.165, 1.54) is 23.1 Å². The molecular weight excluding hydrogens is 228 g/mol. The molecule has 0 spiro atoms. The first-order valence-corrected chi connectivity index (χ1v) is 5.84. The summed E-state index contributed by atoms with van der Waals surface area (Å²) in [6.07, 6.45) is 3.42. The van der Waals surface area contributed by atoms with Gasteiger partial charge in [-0.15, -0.1) is 11.3 Å². The van der Waals surface area contributed by atoms with E-state index in [0.29, 0.717) is 5.56 Å². The van der Waals surface area contributed by atoms with E-state index in [9.17, 15) is 0 Å². The minimum atomic E-state index is 0.0298. The molecule has 4 nitrogen and oxygen atoms in total. The second kappa shape index (κ2) is 4.41. The Hall–Kier alpha value is -1.40. The van der Waals surface area contributed by atoms with Crippen molar-refractivity contribution in [2.75, 3.05) is 0 Å². The van der Waals surface area contributed by atoms with E-state index in [0.717, 1.165) is 9.37 Å². The summed E-state index contributed by atoms with van der Waals surface area (Å²) in [5.41, 5.74) is 6.11. The van der Waals surface area contributed by atoms with Crippen LogP contribution in [-0.2, 0) is 0 Å². The number of hydrogen-bond acceptors (Lipinski definition) is 5. The third-order valence-corrected chi connectivity index (χ3v) is 3.56. The molecule has 0 aliphatic heterocycles. The van der Waals surface area contributed by atoms with Crippen LogP contribution in [0, 0.1) is 5.41 Å². The van der Waals surface area contributed by atoms with Crippen LogP contribution in [0.5, 0.6) is 0 Å². The Labute approximate surface area is 95.1 Å². The molecule has 2 rings (SSSR count). The Morgan fingerprint density at radius 3 is 2.93 bits per heavy atom. The molecule has 15 heavy (non-hydrogen) atoms. The molecule has 0 fully saturated rings. The van der Waals surface area contributed by atoms with Gasteiger partial charge in [-0.3, -0.25) is 5.41 Å². The average Bonchev–Trinajstić information content (AvgIpc) is 2.71. The van der Waals surface area contributed by atoms with E-state index >= 15 is 0 Å². The van der Waals surface area contributed by atoms with E-state index in [1.807, 2.05) is 5.38 Å². The summed E-state index contributed by atoms with van der Waals surface area (Å²) in [6, 6.07) is 3.55. The number of amidine groups is 1. The number of pyridine rings is 1. The van der Waals surface area contributed by atoms with Gasteiger partial charge in [-0.1, -0.05) is 0 Å². The highest BCUT2D eigenvalue weighted by atomic mass is 32.2. The Balaban J connectivity index is 2.32. The van der Waals surface area contributed by atoms with Crippen molar-refractivity contribution in [2.24, 2.45) is 5.73 Å². The highest BCUT2D eigenvalue weighted by molar-refractivity contribution is 8.01. The van der Waals surface area contributed by atoms with Gasteiger partial charge < -0.3 is 5.73 Å². The SMILES string of the molecule is N=C(N)c1cccnc1Sc1nccs1. The summed E-state index contributed by atoms with van der Waals surface area (Å²) < 4.78 is 0.899. The molecule has 2 heterocycles. The molecule has 3 N–H and O–H groups in total. The van der Waals surface area contributed by atoms with Crippen LogP contribution in [0.1, 0.15) is 5.56 Å². The topological polar surface area (TPSA) is 75.7 Å². The van der Waals surface area contributed by atoms with Gasteiger partial charge >= 0.3 is 0 Å². The molecule has 0 radical (unpaired) electrons. The Bertz CT molecular complexity index is 467. The van der Waals surface area contributed by atoms with Gasteiger partial charge in [0.2, 0.25) is 0 Å². The molecule has 0 aromatic carbocycles. The van der Waals surface area contributed by atoms with E-state index in [2.05, 4.69) is 9.97 Å². The number of thiazole rings is 1. The Morgan fingerprint density at radius 2 is 2.27 bits per heavy atom. The number of nitrogens with two attached hydrogens (primary N) is 1. The lowest BCUT2D eigenvalue weighted by Crippen LogP contribution is -2.12. The van der Waals surface area contributed by atoms with Gasteiger partial charge in [-0.25, -0.2) is 9.97 Å². The fraction of sp³-hybridized carbons (Fsp3) is 0. The van der Waals surface area contributed by atoms with Crippen molar-refractivity contribution in [3.63, 3.8) is 0 Å². The maximum absolute atomic E-state index is 7.41. The lowest BCUT2D eigenvalue weighted by molar-refractivity contribution is 1.10. The van der Waals surface area contributed by atoms with E-state index in [1.54, 1.807) is 24.5 Å². The van der Waals surface area contributed by atoms with Gasteiger partial charge in [0.25, 0.3) is 0 Å². The molecule has 0 aliphatic rings. The first-order chi connectivity index (χ1) is 7.27. The maximum Gasteiger partial charge on any atom is 0.156 e. The molecule has 76 valence electrons. The molecule has 6 heteroatoms. The van der Waals surface area contributed by atoms with Crippen molar-refractivity contribution < 1.29 is 0 Å². The van der Waals surface area contributed by atoms with Crippen LogP contribution in [0.3, 0.4) is 0 Å². The minimum absolute atomic E-state index is 0.0298. The predicted molar refractivity (Wildman–Crippen MR) is 61.5 cm³/mol. The molecular formula is C9H8N4S2. The van der Waals surface area contributed by atoms with Crippen molar-refractivity contribution in [1.29, 1.82) is 5.41 Å². The molecule has 2 aromatic rings. The number of hydrogen-bond donors (Lipinski definition) is 2. The summed E-state index contributed by atoms with van der Waals surface area (Å²) in [6.45, 7) is 0.